The Balaban J connectivity index is 1.66. The van der Waals surface area contributed by atoms with E-state index in [4.69, 9.17) is 0 Å². The van der Waals surface area contributed by atoms with Crippen molar-refractivity contribution in [1.29, 1.82) is 0 Å². The summed E-state index contributed by atoms with van der Waals surface area (Å²) >= 11 is 0. The number of hydrogen-bond donors (Lipinski definition) is 0. The molecule has 100 valence electrons. The molecule has 0 amide bonds. The van der Waals surface area contributed by atoms with Crippen LogP contribution < -0.4 is 0 Å². The molecule has 2 bridgehead atoms. The number of aryl methyl sites for hydroxylation is 3. The summed E-state index contributed by atoms with van der Waals surface area (Å²) in [5.41, 5.74) is 4.66. The highest BCUT2D eigenvalue weighted by Gasteiger charge is 2.67. The number of hydrogen-bond acceptors (Lipinski definition) is 1. The lowest BCUT2D eigenvalue weighted by atomic mass is 9.90. The fourth-order valence-electron chi connectivity index (χ4n) is 5.41. The SMILES string of the molecule is Cc1cc(C)c(C(=O)C2C3C4CCC(C4)C23)c(C)c1. The van der Waals surface area contributed by atoms with E-state index in [1.165, 1.54) is 36.0 Å². The molecule has 4 atom stereocenters. The molecule has 1 nitrogen and oxygen atoms in total. The van der Waals surface area contributed by atoms with Crippen molar-refractivity contribution in [2.75, 3.05) is 0 Å². The van der Waals surface area contributed by atoms with E-state index in [1.54, 1.807) is 0 Å². The third-order valence-electron chi connectivity index (χ3n) is 5.96. The zero-order chi connectivity index (χ0) is 13.3. The Morgan fingerprint density at radius 3 is 2.05 bits per heavy atom. The molecule has 4 rings (SSSR count). The molecule has 1 aromatic rings. The molecule has 3 aliphatic carbocycles. The third-order valence-corrected chi connectivity index (χ3v) is 5.96. The van der Waals surface area contributed by atoms with E-state index in [0.717, 1.165) is 29.2 Å². The number of fused-ring (bicyclic) bond motifs is 5. The Morgan fingerprint density at radius 1 is 1.00 bits per heavy atom. The van der Waals surface area contributed by atoms with E-state index in [1.807, 2.05) is 0 Å². The number of carbonyl (C=O) groups is 1. The summed E-state index contributed by atoms with van der Waals surface area (Å²) in [6.45, 7) is 6.31. The summed E-state index contributed by atoms with van der Waals surface area (Å²) in [6, 6.07) is 4.32. The van der Waals surface area contributed by atoms with Crippen molar-refractivity contribution in [2.24, 2.45) is 29.6 Å². The molecule has 0 aromatic heterocycles. The van der Waals surface area contributed by atoms with Crippen LogP contribution in [0.15, 0.2) is 12.1 Å². The van der Waals surface area contributed by atoms with Crippen molar-refractivity contribution < 1.29 is 4.79 Å². The Bertz CT molecular complexity index is 532. The van der Waals surface area contributed by atoms with Crippen molar-refractivity contribution in [3.8, 4) is 0 Å². The lowest BCUT2D eigenvalue weighted by Crippen LogP contribution is -2.13. The van der Waals surface area contributed by atoms with Gasteiger partial charge in [0.05, 0.1) is 0 Å². The molecule has 0 aliphatic heterocycles. The highest BCUT2D eigenvalue weighted by molar-refractivity contribution is 6.02. The van der Waals surface area contributed by atoms with Crippen LogP contribution in [-0.2, 0) is 0 Å². The largest absolute Gasteiger partial charge is 0.294 e. The Hall–Kier alpha value is -1.11. The molecule has 0 heterocycles. The summed E-state index contributed by atoms with van der Waals surface area (Å²) in [7, 11) is 0. The Labute approximate surface area is 115 Å². The van der Waals surface area contributed by atoms with Gasteiger partial charge in [0, 0.05) is 11.5 Å². The van der Waals surface area contributed by atoms with Gasteiger partial charge < -0.3 is 0 Å². The van der Waals surface area contributed by atoms with Gasteiger partial charge in [0.15, 0.2) is 5.78 Å². The second-order valence-corrected chi connectivity index (χ2v) is 7.15. The Kier molecular flexibility index (Phi) is 2.29. The van der Waals surface area contributed by atoms with E-state index < -0.39 is 0 Å². The number of carbonyl (C=O) groups excluding carboxylic acids is 1. The zero-order valence-electron chi connectivity index (χ0n) is 12.1. The standard InChI is InChI=1S/C18H22O/c1-9-6-10(2)14(11(3)7-9)18(19)17-15-12-4-5-13(8-12)16(15)17/h6-7,12-13,15-17H,4-5,8H2,1-3H3. The van der Waals surface area contributed by atoms with Crippen molar-refractivity contribution in [3.05, 3.63) is 34.4 Å². The molecule has 19 heavy (non-hydrogen) atoms. The zero-order valence-corrected chi connectivity index (χ0v) is 12.1. The van der Waals surface area contributed by atoms with Gasteiger partial charge in [-0.2, -0.15) is 0 Å². The highest BCUT2D eigenvalue weighted by Crippen LogP contribution is 2.70. The second-order valence-electron chi connectivity index (χ2n) is 7.15. The van der Waals surface area contributed by atoms with Crippen LogP contribution in [0.4, 0.5) is 0 Å². The fourth-order valence-corrected chi connectivity index (χ4v) is 5.41. The smallest absolute Gasteiger partial charge is 0.167 e. The van der Waals surface area contributed by atoms with Crippen LogP contribution >= 0.6 is 0 Å². The third kappa shape index (κ3) is 1.50. The maximum absolute atomic E-state index is 12.9. The van der Waals surface area contributed by atoms with Crippen molar-refractivity contribution in [1.82, 2.24) is 0 Å². The topological polar surface area (TPSA) is 17.1 Å². The van der Waals surface area contributed by atoms with Crippen LogP contribution in [0.25, 0.3) is 0 Å². The van der Waals surface area contributed by atoms with Crippen molar-refractivity contribution in [2.45, 2.75) is 40.0 Å². The van der Waals surface area contributed by atoms with Crippen molar-refractivity contribution >= 4 is 5.78 Å². The lowest BCUT2D eigenvalue weighted by Gasteiger charge is -2.13. The predicted octanol–water partition coefficient (Wildman–Crippen LogP) is 4.09. The first-order valence-corrected chi connectivity index (χ1v) is 7.70. The van der Waals surface area contributed by atoms with Gasteiger partial charge in [-0.1, -0.05) is 17.7 Å². The maximum atomic E-state index is 12.9. The second kappa shape index (κ2) is 3.71. The first-order chi connectivity index (χ1) is 9.08. The lowest BCUT2D eigenvalue weighted by molar-refractivity contribution is 0.0943. The molecule has 3 saturated carbocycles. The van der Waals surface area contributed by atoms with Crippen molar-refractivity contribution in [3.63, 3.8) is 0 Å². The molecular weight excluding hydrogens is 232 g/mol. The first kappa shape index (κ1) is 11.7. The van der Waals surface area contributed by atoms with Gasteiger partial charge in [-0.05, 0) is 74.8 Å². The van der Waals surface area contributed by atoms with Crippen LogP contribution in [0.2, 0.25) is 0 Å². The van der Waals surface area contributed by atoms with Gasteiger partial charge in [-0.15, -0.1) is 0 Å². The summed E-state index contributed by atoms with van der Waals surface area (Å²) < 4.78 is 0. The molecule has 1 aromatic carbocycles. The van der Waals surface area contributed by atoms with Gasteiger partial charge in [0.25, 0.3) is 0 Å². The minimum atomic E-state index is 0.381. The molecule has 3 aliphatic rings. The van der Waals surface area contributed by atoms with Gasteiger partial charge in [-0.3, -0.25) is 4.79 Å². The molecule has 0 saturated heterocycles. The van der Waals surface area contributed by atoms with E-state index in [-0.39, 0.29) is 0 Å². The van der Waals surface area contributed by atoms with Crippen LogP contribution in [0.5, 0.6) is 0 Å². The molecule has 3 fully saturated rings. The van der Waals surface area contributed by atoms with Crippen LogP contribution in [0.3, 0.4) is 0 Å². The summed E-state index contributed by atoms with van der Waals surface area (Å²) in [5.74, 6) is 4.12. The van der Waals surface area contributed by atoms with Crippen LogP contribution in [-0.4, -0.2) is 5.78 Å². The van der Waals surface area contributed by atoms with Crippen LogP contribution in [0.1, 0.15) is 46.3 Å². The molecular formula is C18H22O. The highest BCUT2D eigenvalue weighted by atomic mass is 16.1. The summed E-state index contributed by atoms with van der Waals surface area (Å²) in [5, 5.41) is 0. The maximum Gasteiger partial charge on any atom is 0.167 e. The molecule has 0 spiro atoms. The predicted molar refractivity (Wildman–Crippen MR) is 76.3 cm³/mol. The molecule has 0 radical (unpaired) electrons. The minimum Gasteiger partial charge on any atom is -0.294 e. The summed E-state index contributed by atoms with van der Waals surface area (Å²) in [6.07, 6.45) is 4.20. The Morgan fingerprint density at radius 2 is 1.53 bits per heavy atom. The molecule has 4 unspecified atom stereocenters. The van der Waals surface area contributed by atoms with E-state index in [0.29, 0.717) is 11.7 Å². The summed E-state index contributed by atoms with van der Waals surface area (Å²) in [4.78, 5) is 12.9. The van der Waals surface area contributed by atoms with Gasteiger partial charge in [0.1, 0.15) is 0 Å². The van der Waals surface area contributed by atoms with Gasteiger partial charge in [-0.25, -0.2) is 0 Å². The number of Topliss-reactive ketones (excluding diaryl/α,β-unsaturated/α-hetero) is 1. The monoisotopic (exact) mass is 254 g/mol. The van der Waals surface area contributed by atoms with Gasteiger partial charge in [0.2, 0.25) is 0 Å². The minimum absolute atomic E-state index is 0.381. The average Bonchev–Trinajstić information content (AvgIpc) is 2.77. The molecule has 1 heteroatoms. The number of rotatable bonds is 2. The number of ketones is 1. The number of benzene rings is 1. The quantitative estimate of drug-likeness (QED) is 0.727. The average molecular weight is 254 g/mol. The van der Waals surface area contributed by atoms with Crippen LogP contribution in [0, 0.1) is 50.4 Å². The molecule has 0 N–H and O–H groups in total. The van der Waals surface area contributed by atoms with E-state index in [2.05, 4.69) is 32.9 Å². The van der Waals surface area contributed by atoms with Gasteiger partial charge >= 0.3 is 0 Å². The van der Waals surface area contributed by atoms with E-state index >= 15 is 0 Å². The first-order valence-electron chi connectivity index (χ1n) is 7.70. The fraction of sp³-hybridized carbons (Fsp3) is 0.611. The van der Waals surface area contributed by atoms with E-state index in [9.17, 15) is 4.79 Å². The normalized spacial score (nSPS) is 38.4.